The highest BCUT2D eigenvalue weighted by Crippen LogP contribution is 2.27. The van der Waals surface area contributed by atoms with Crippen LogP contribution in [0.5, 0.6) is 0 Å². The summed E-state index contributed by atoms with van der Waals surface area (Å²) in [5.74, 6) is 1.39. The molecule has 102 valence electrons. The summed E-state index contributed by atoms with van der Waals surface area (Å²) >= 11 is 0. The molecule has 0 bridgehead atoms. The number of nitrogens with two attached hydrogens (primary N) is 1. The second-order valence-electron chi connectivity index (χ2n) is 5.40. The van der Waals surface area contributed by atoms with Crippen molar-refractivity contribution >= 4 is 5.82 Å². The van der Waals surface area contributed by atoms with E-state index in [4.69, 9.17) is 5.73 Å². The molecule has 18 heavy (non-hydrogen) atoms. The molecule has 3 N–H and O–H groups in total. The van der Waals surface area contributed by atoms with Crippen molar-refractivity contribution in [2.75, 3.05) is 12.3 Å². The molecule has 1 atom stereocenters. The summed E-state index contributed by atoms with van der Waals surface area (Å²) in [4.78, 5) is 4.23. The summed E-state index contributed by atoms with van der Waals surface area (Å²) in [5, 5.41) is 3.60. The van der Waals surface area contributed by atoms with Crippen LogP contribution in [-0.4, -0.2) is 11.5 Å². The summed E-state index contributed by atoms with van der Waals surface area (Å²) in [7, 11) is 0. The highest BCUT2D eigenvalue weighted by Gasteiger charge is 2.17. The molecule has 1 rings (SSSR count). The van der Waals surface area contributed by atoms with Gasteiger partial charge in [-0.05, 0) is 50.3 Å². The summed E-state index contributed by atoms with van der Waals surface area (Å²) in [6.45, 7) is 9.85. The SMILES string of the molecule is CCCNC(CCC(C)C)c1c(C)ccnc1N. The predicted molar refractivity (Wildman–Crippen MR) is 78.5 cm³/mol. The number of anilines is 1. The Bertz CT molecular complexity index is 341. The molecule has 0 amide bonds. The number of nitrogens with zero attached hydrogens (tertiary/aromatic N) is 1. The van der Waals surface area contributed by atoms with Gasteiger partial charge in [0.15, 0.2) is 0 Å². The van der Waals surface area contributed by atoms with Crippen LogP contribution >= 0.6 is 0 Å². The molecule has 1 heterocycles. The molecule has 3 heteroatoms. The zero-order chi connectivity index (χ0) is 13.5. The van der Waals surface area contributed by atoms with E-state index in [2.05, 4.69) is 38.0 Å². The molecular weight excluding hydrogens is 222 g/mol. The van der Waals surface area contributed by atoms with Crippen LogP contribution in [0.2, 0.25) is 0 Å². The Morgan fingerprint density at radius 1 is 1.33 bits per heavy atom. The van der Waals surface area contributed by atoms with Gasteiger partial charge in [-0.3, -0.25) is 0 Å². The number of aryl methyl sites for hydroxylation is 1. The van der Waals surface area contributed by atoms with Crippen molar-refractivity contribution in [3.63, 3.8) is 0 Å². The number of pyridine rings is 1. The van der Waals surface area contributed by atoms with E-state index in [1.807, 2.05) is 6.07 Å². The molecule has 0 fully saturated rings. The van der Waals surface area contributed by atoms with Crippen molar-refractivity contribution in [1.82, 2.24) is 10.3 Å². The average molecular weight is 249 g/mol. The fourth-order valence-electron chi connectivity index (χ4n) is 2.21. The van der Waals surface area contributed by atoms with Gasteiger partial charge in [0.1, 0.15) is 5.82 Å². The first kappa shape index (κ1) is 15.0. The minimum atomic E-state index is 0.334. The molecule has 0 aliphatic carbocycles. The van der Waals surface area contributed by atoms with E-state index in [0.717, 1.165) is 19.4 Å². The Hall–Kier alpha value is -1.09. The standard InChI is InChI=1S/C15H27N3/c1-5-9-17-13(7-6-11(2)3)14-12(4)8-10-18-15(14)16/h8,10-11,13,17H,5-7,9H2,1-4H3,(H2,16,18). The largest absolute Gasteiger partial charge is 0.383 e. The monoisotopic (exact) mass is 249 g/mol. The highest BCUT2D eigenvalue weighted by molar-refractivity contribution is 5.46. The minimum Gasteiger partial charge on any atom is -0.383 e. The van der Waals surface area contributed by atoms with Crippen molar-refractivity contribution in [1.29, 1.82) is 0 Å². The van der Waals surface area contributed by atoms with Crippen LogP contribution in [-0.2, 0) is 0 Å². The van der Waals surface area contributed by atoms with Gasteiger partial charge in [-0.1, -0.05) is 20.8 Å². The molecule has 0 radical (unpaired) electrons. The van der Waals surface area contributed by atoms with Gasteiger partial charge >= 0.3 is 0 Å². The van der Waals surface area contributed by atoms with Crippen LogP contribution in [0.3, 0.4) is 0 Å². The molecule has 0 aromatic carbocycles. The molecular formula is C15H27N3. The van der Waals surface area contributed by atoms with Crippen molar-refractivity contribution in [2.24, 2.45) is 5.92 Å². The fourth-order valence-corrected chi connectivity index (χ4v) is 2.21. The van der Waals surface area contributed by atoms with E-state index in [0.29, 0.717) is 17.8 Å². The zero-order valence-corrected chi connectivity index (χ0v) is 12.2. The highest BCUT2D eigenvalue weighted by atomic mass is 14.9. The first-order chi connectivity index (χ1) is 8.56. The molecule has 0 saturated carbocycles. The molecule has 0 spiro atoms. The van der Waals surface area contributed by atoms with Gasteiger partial charge in [0.25, 0.3) is 0 Å². The van der Waals surface area contributed by atoms with Crippen molar-refractivity contribution in [3.05, 3.63) is 23.4 Å². The molecule has 1 aromatic rings. The van der Waals surface area contributed by atoms with Crippen LogP contribution in [0.1, 0.15) is 57.2 Å². The normalized spacial score (nSPS) is 12.9. The van der Waals surface area contributed by atoms with Crippen molar-refractivity contribution in [2.45, 2.75) is 53.0 Å². The minimum absolute atomic E-state index is 0.334. The topological polar surface area (TPSA) is 50.9 Å². The maximum Gasteiger partial charge on any atom is 0.128 e. The van der Waals surface area contributed by atoms with Crippen LogP contribution in [0.15, 0.2) is 12.3 Å². The lowest BCUT2D eigenvalue weighted by molar-refractivity contribution is 0.440. The van der Waals surface area contributed by atoms with E-state index in [9.17, 15) is 0 Å². The number of hydrogen-bond acceptors (Lipinski definition) is 3. The lowest BCUT2D eigenvalue weighted by Crippen LogP contribution is -2.24. The van der Waals surface area contributed by atoms with Gasteiger partial charge in [0.2, 0.25) is 0 Å². The number of rotatable bonds is 7. The maximum atomic E-state index is 6.05. The third-order valence-electron chi connectivity index (χ3n) is 3.26. The zero-order valence-electron chi connectivity index (χ0n) is 12.2. The predicted octanol–water partition coefficient (Wildman–Crippen LogP) is 3.45. The van der Waals surface area contributed by atoms with Crippen LogP contribution in [0.25, 0.3) is 0 Å². The second-order valence-corrected chi connectivity index (χ2v) is 5.40. The van der Waals surface area contributed by atoms with Gasteiger partial charge in [0.05, 0.1) is 0 Å². The number of nitrogen functional groups attached to an aromatic ring is 1. The first-order valence-electron chi connectivity index (χ1n) is 7.00. The molecule has 1 aromatic heterocycles. The quantitative estimate of drug-likeness (QED) is 0.778. The number of nitrogens with one attached hydrogen (secondary N) is 1. The summed E-state index contributed by atoms with van der Waals surface area (Å²) < 4.78 is 0. The summed E-state index contributed by atoms with van der Waals surface area (Å²) in [6.07, 6.45) is 5.24. The van der Waals surface area contributed by atoms with E-state index in [-0.39, 0.29) is 0 Å². The first-order valence-corrected chi connectivity index (χ1v) is 7.00. The van der Waals surface area contributed by atoms with Crippen LogP contribution in [0, 0.1) is 12.8 Å². The summed E-state index contributed by atoms with van der Waals surface area (Å²) in [6, 6.07) is 2.38. The molecule has 0 aliphatic heterocycles. The fraction of sp³-hybridized carbons (Fsp3) is 0.667. The maximum absolute atomic E-state index is 6.05. The van der Waals surface area contributed by atoms with Gasteiger partial charge in [0, 0.05) is 17.8 Å². The Morgan fingerprint density at radius 3 is 2.61 bits per heavy atom. The third-order valence-corrected chi connectivity index (χ3v) is 3.26. The van der Waals surface area contributed by atoms with Crippen molar-refractivity contribution in [3.8, 4) is 0 Å². The molecule has 3 nitrogen and oxygen atoms in total. The molecule has 0 saturated heterocycles. The smallest absolute Gasteiger partial charge is 0.128 e. The van der Waals surface area contributed by atoms with Crippen LogP contribution in [0.4, 0.5) is 5.82 Å². The number of aromatic nitrogens is 1. The summed E-state index contributed by atoms with van der Waals surface area (Å²) in [5.41, 5.74) is 8.47. The van der Waals surface area contributed by atoms with Gasteiger partial charge in [-0.2, -0.15) is 0 Å². The lowest BCUT2D eigenvalue weighted by atomic mass is 9.95. The third kappa shape index (κ3) is 4.30. The Balaban J connectivity index is 2.86. The van der Waals surface area contributed by atoms with Gasteiger partial charge in [-0.25, -0.2) is 4.98 Å². The Morgan fingerprint density at radius 2 is 2.06 bits per heavy atom. The molecule has 0 aliphatic rings. The average Bonchev–Trinajstić information content (AvgIpc) is 2.31. The van der Waals surface area contributed by atoms with E-state index < -0.39 is 0 Å². The van der Waals surface area contributed by atoms with E-state index in [1.165, 1.54) is 17.5 Å². The van der Waals surface area contributed by atoms with Gasteiger partial charge < -0.3 is 11.1 Å². The second kappa shape index (κ2) is 7.37. The van der Waals surface area contributed by atoms with E-state index >= 15 is 0 Å². The lowest BCUT2D eigenvalue weighted by Gasteiger charge is -2.22. The Labute approximate surface area is 111 Å². The van der Waals surface area contributed by atoms with E-state index in [1.54, 1.807) is 6.20 Å². The molecule has 1 unspecified atom stereocenters. The Kier molecular flexibility index (Phi) is 6.13. The number of hydrogen-bond donors (Lipinski definition) is 2. The van der Waals surface area contributed by atoms with Gasteiger partial charge in [-0.15, -0.1) is 0 Å². The van der Waals surface area contributed by atoms with Crippen molar-refractivity contribution < 1.29 is 0 Å². The van der Waals surface area contributed by atoms with Crippen LogP contribution < -0.4 is 11.1 Å².